The Morgan fingerprint density at radius 3 is 2.65 bits per heavy atom. The van der Waals surface area contributed by atoms with Crippen molar-refractivity contribution in [3.63, 3.8) is 0 Å². The van der Waals surface area contributed by atoms with Crippen molar-refractivity contribution in [2.45, 2.75) is 44.6 Å². The molecular weight excluding hydrogens is 364 g/mol. The summed E-state index contributed by atoms with van der Waals surface area (Å²) in [6.07, 6.45) is 9.06. The quantitative estimate of drug-likeness (QED) is 0.664. The van der Waals surface area contributed by atoms with Crippen LogP contribution in [0.25, 0.3) is 0 Å². The van der Waals surface area contributed by atoms with Crippen LogP contribution in [0.3, 0.4) is 0 Å². The van der Waals surface area contributed by atoms with Crippen LogP contribution in [0, 0.1) is 0 Å². The van der Waals surface area contributed by atoms with Gasteiger partial charge in [-0.3, -0.25) is 0 Å². The van der Waals surface area contributed by atoms with Gasteiger partial charge < -0.3 is 5.11 Å². The van der Waals surface area contributed by atoms with Gasteiger partial charge in [0.05, 0.1) is 3.79 Å². The van der Waals surface area contributed by atoms with E-state index in [1.165, 1.54) is 31.3 Å². The molecule has 2 rings (SSSR count). The maximum atomic E-state index is 10.4. The summed E-state index contributed by atoms with van der Waals surface area (Å²) < 4.78 is 2.08. The Balaban J connectivity index is 2.14. The fourth-order valence-corrected chi connectivity index (χ4v) is 4.26. The van der Waals surface area contributed by atoms with Gasteiger partial charge >= 0.3 is 0 Å². The highest BCUT2D eigenvalue weighted by atomic mass is 79.9. The highest BCUT2D eigenvalue weighted by Crippen LogP contribution is 2.39. The van der Waals surface area contributed by atoms with Crippen molar-refractivity contribution in [2.24, 2.45) is 0 Å². The van der Waals surface area contributed by atoms with Crippen LogP contribution < -0.4 is 0 Å². The number of aliphatic hydroxyl groups is 1. The summed E-state index contributed by atoms with van der Waals surface area (Å²) in [4.78, 5) is 1.02. The lowest BCUT2D eigenvalue weighted by molar-refractivity contribution is 0.213. The van der Waals surface area contributed by atoms with Gasteiger partial charge in [-0.25, -0.2) is 0 Å². The average molecular weight is 380 g/mol. The Hall–Kier alpha value is 0.360. The van der Waals surface area contributed by atoms with Gasteiger partial charge in [0.25, 0.3) is 0 Å². The lowest BCUT2D eigenvalue weighted by Gasteiger charge is -2.16. The minimum absolute atomic E-state index is 0.416. The molecule has 94 valence electrons. The number of halogens is 2. The van der Waals surface area contributed by atoms with Crippen LogP contribution in [-0.2, 0) is 0 Å². The van der Waals surface area contributed by atoms with E-state index < -0.39 is 6.10 Å². The summed E-state index contributed by atoms with van der Waals surface area (Å²) in [7, 11) is 0. The molecule has 1 aliphatic rings. The van der Waals surface area contributed by atoms with Crippen LogP contribution in [0.5, 0.6) is 0 Å². The molecule has 0 fully saturated rings. The second kappa shape index (κ2) is 6.50. The predicted molar refractivity (Wildman–Crippen MR) is 80.5 cm³/mol. The van der Waals surface area contributed by atoms with Crippen molar-refractivity contribution < 1.29 is 5.11 Å². The topological polar surface area (TPSA) is 20.2 Å². The first-order valence-corrected chi connectivity index (χ1v) is 8.40. The van der Waals surface area contributed by atoms with Gasteiger partial charge in [0, 0.05) is 9.35 Å². The number of allylic oxidation sites excluding steroid dienone is 1. The third-order valence-corrected chi connectivity index (χ3v) is 6.42. The van der Waals surface area contributed by atoms with E-state index >= 15 is 0 Å². The van der Waals surface area contributed by atoms with Gasteiger partial charge in [-0.15, -0.1) is 11.3 Å². The zero-order chi connectivity index (χ0) is 12.3. The molecule has 1 aliphatic carbocycles. The lowest BCUT2D eigenvalue weighted by Crippen LogP contribution is -2.01. The van der Waals surface area contributed by atoms with Gasteiger partial charge in [0.1, 0.15) is 6.10 Å². The molecule has 0 radical (unpaired) electrons. The first-order valence-electron chi connectivity index (χ1n) is 6.00. The maximum absolute atomic E-state index is 10.4. The molecule has 0 aliphatic heterocycles. The first-order chi connectivity index (χ1) is 8.18. The summed E-state index contributed by atoms with van der Waals surface area (Å²) in [6.45, 7) is 0. The van der Waals surface area contributed by atoms with Crippen molar-refractivity contribution in [1.29, 1.82) is 0 Å². The molecule has 4 heteroatoms. The molecule has 0 amide bonds. The van der Waals surface area contributed by atoms with Crippen LogP contribution in [-0.4, -0.2) is 5.11 Å². The molecule has 0 saturated heterocycles. The second-order valence-corrected chi connectivity index (χ2v) is 7.66. The van der Waals surface area contributed by atoms with Crippen LogP contribution in [0.15, 0.2) is 26.0 Å². The average Bonchev–Trinajstić information content (AvgIpc) is 2.58. The summed E-state index contributed by atoms with van der Waals surface area (Å²) in [5.74, 6) is 0. The van der Waals surface area contributed by atoms with Gasteiger partial charge in [-0.2, -0.15) is 0 Å². The van der Waals surface area contributed by atoms with Gasteiger partial charge in [0.2, 0.25) is 0 Å². The molecule has 1 aromatic rings. The molecule has 0 saturated carbocycles. The summed E-state index contributed by atoms with van der Waals surface area (Å²) in [5.41, 5.74) is 1.20. The van der Waals surface area contributed by atoms with E-state index in [0.29, 0.717) is 0 Å². The van der Waals surface area contributed by atoms with E-state index in [0.717, 1.165) is 26.0 Å². The monoisotopic (exact) mass is 378 g/mol. The van der Waals surface area contributed by atoms with E-state index in [2.05, 4.69) is 37.9 Å². The Morgan fingerprint density at radius 1 is 1.18 bits per heavy atom. The van der Waals surface area contributed by atoms with Crippen molar-refractivity contribution in [2.75, 3.05) is 0 Å². The van der Waals surface area contributed by atoms with E-state index in [4.69, 9.17) is 0 Å². The largest absolute Gasteiger partial charge is 0.383 e. The van der Waals surface area contributed by atoms with Crippen LogP contribution in [0.2, 0.25) is 0 Å². The molecular formula is C13H16Br2OS. The molecule has 1 N–H and O–H groups in total. The van der Waals surface area contributed by atoms with Crippen molar-refractivity contribution in [3.8, 4) is 0 Å². The summed E-state index contributed by atoms with van der Waals surface area (Å²) in [6, 6.07) is 2.01. The Morgan fingerprint density at radius 2 is 1.94 bits per heavy atom. The summed E-state index contributed by atoms with van der Waals surface area (Å²) in [5, 5.41) is 10.4. The molecule has 1 aromatic heterocycles. The third-order valence-electron chi connectivity index (χ3n) is 3.11. The standard InChI is InChI=1S/C13H16Br2OS/c14-10-8-11(17-13(10)15)12(16)9-6-4-2-1-3-5-7-9/h6,8,12,16H,1-5,7H2. The van der Waals surface area contributed by atoms with Crippen LogP contribution in [0.1, 0.15) is 49.5 Å². The number of rotatable bonds is 2. The molecule has 1 heterocycles. The Bertz CT molecular complexity index is 392. The zero-order valence-corrected chi connectivity index (χ0v) is 13.6. The normalized spacial score (nSPS) is 19.4. The van der Waals surface area contributed by atoms with E-state index in [1.807, 2.05) is 6.07 Å². The van der Waals surface area contributed by atoms with Crippen molar-refractivity contribution in [3.05, 3.63) is 30.9 Å². The smallest absolute Gasteiger partial charge is 0.109 e. The molecule has 1 nitrogen and oxygen atoms in total. The Labute approximate surface area is 123 Å². The number of hydrogen-bond acceptors (Lipinski definition) is 2. The van der Waals surface area contributed by atoms with E-state index in [1.54, 1.807) is 11.3 Å². The highest BCUT2D eigenvalue weighted by Gasteiger charge is 2.17. The number of hydrogen-bond donors (Lipinski definition) is 1. The second-order valence-electron chi connectivity index (χ2n) is 4.40. The van der Waals surface area contributed by atoms with Gasteiger partial charge in [0.15, 0.2) is 0 Å². The SMILES string of the molecule is OC(C1=CCCCCCC1)c1cc(Br)c(Br)s1. The van der Waals surface area contributed by atoms with Crippen LogP contribution in [0.4, 0.5) is 0 Å². The minimum atomic E-state index is -0.416. The molecule has 17 heavy (non-hydrogen) atoms. The summed E-state index contributed by atoms with van der Waals surface area (Å²) >= 11 is 8.55. The maximum Gasteiger partial charge on any atom is 0.109 e. The van der Waals surface area contributed by atoms with Gasteiger partial charge in [-0.05, 0) is 69.2 Å². The number of thiophene rings is 1. The fourth-order valence-electron chi connectivity index (χ4n) is 2.15. The first kappa shape index (κ1) is 13.8. The molecule has 0 spiro atoms. The molecule has 0 aromatic carbocycles. The minimum Gasteiger partial charge on any atom is -0.383 e. The Kier molecular flexibility index (Phi) is 5.27. The third kappa shape index (κ3) is 3.66. The van der Waals surface area contributed by atoms with Crippen LogP contribution >= 0.6 is 43.2 Å². The fraction of sp³-hybridized carbons (Fsp3) is 0.538. The number of aliphatic hydroxyl groups excluding tert-OH is 1. The van der Waals surface area contributed by atoms with Gasteiger partial charge in [-0.1, -0.05) is 18.9 Å². The van der Waals surface area contributed by atoms with E-state index in [9.17, 15) is 5.11 Å². The lowest BCUT2D eigenvalue weighted by atomic mass is 9.96. The molecule has 1 unspecified atom stereocenters. The van der Waals surface area contributed by atoms with Crippen molar-refractivity contribution in [1.82, 2.24) is 0 Å². The molecule has 0 bridgehead atoms. The van der Waals surface area contributed by atoms with E-state index in [-0.39, 0.29) is 0 Å². The highest BCUT2D eigenvalue weighted by molar-refractivity contribution is 9.13. The van der Waals surface area contributed by atoms with Crippen molar-refractivity contribution >= 4 is 43.2 Å². The predicted octanol–water partition coefficient (Wildman–Crippen LogP) is 5.59. The zero-order valence-electron chi connectivity index (χ0n) is 9.59. The molecule has 1 atom stereocenters.